The molecule has 2 saturated carbocycles. The third-order valence-corrected chi connectivity index (χ3v) is 5.03. The minimum Gasteiger partial charge on any atom is -0.340 e. The number of hydrogen-bond donors (Lipinski definition) is 1. The van der Waals surface area contributed by atoms with Gasteiger partial charge in [-0.05, 0) is 31.6 Å². The topological polar surface area (TPSA) is 49.4 Å². The van der Waals surface area contributed by atoms with Gasteiger partial charge in [0.1, 0.15) is 5.54 Å². The molecule has 19 heavy (non-hydrogen) atoms. The molecular formula is C15H24N2O2. The Morgan fingerprint density at radius 3 is 2.58 bits per heavy atom. The summed E-state index contributed by atoms with van der Waals surface area (Å²) in [4.78, 5) is 26.7. The van der Waals surface area contributed by atoms with Crippen molar-refractivity contribution in [2.24, 2.45) is 5.92 Å². The van der Waals surface area contributed by atoms with Crippen molar-refractivity contribution in [2.45, 2.75) is 69.9 Å². The van der Waals surface area contributed by atoms with E-state index in [-0.39, 0.29) is 24.4 Å². The highest BCUT2D eigenvalue weighted by Gasteiger charge is 2.49. The molecule has 0 radical (unpaired) electrons. The third-order valence-electron chi connectivity index (χ3n) is 5.03. The molecule has 4 nitrogen and oxygen atoms in total. The first-order valence-corrected chi connectivity index (χ1v) is 7.77. The predicted molar refractivity (Wildman–Crippen MR) is 72.5 cm³/mol. The molecule has 2 aliphatic carbocycles. The Bertz CT molecular complexity index is 384. The average Bonchev–Trinajstić information content (AvgIpc) is 3.10. The zero-order valence-electron chi connectivity index (χ0n) is 11.8. The average molecular weight is 264 g/mol. The van der Waals surface area contributed by atoms with Crippen molar-refractivity contribution in [3.63, 3.8) is 0 Å². The van der Waals surface area contributed by atoms with Crippen LogP contribution in [-0.4, -0.2) is 34.8 Å². The van der Waals surface area contributed by atoms with Crippen molar-refractivity contribution in [1.82, 2.24) is 10.2 Å². The summed E-state index contributed by atoms with van der Waals surface area (Å²) in [5, 5.41) is 2.99. The van der Waals surface area contributed by atoms with Crippen molar-refractivity contribution >= 4 is 11.8 Å². The molecule has 1 atom stereocenters. The first-order valence-electron chi connectivity index (χ1n) is 7.77. The fraction of sp³-hybridized carbons (Fsp3) is 0.867. The highest BCUT2D eigenvalue weighted by atomic mass is 16.2. The predicted octanol–water partition coefficient (Wildman–Crippen LogP) is 1.84. The van der Waals surface area contributed by atoms with Crippen molar-refractivity contribution in [2.75, 3.05) is 6.54 Å². The van der Waals surface area contributed by atoms with Gasteiger partial charge in [-0.1, -0.05) is 32.6 Å². The molecule has 0 aromatic rings. The zero-order chi connectivity index (χ0) is 13.5. The second-order valence-electron chi connectivity index (χ2n) is 6.51. The van der Waals surface area contributed by atoms with Crippen LogP contribution in [0.4, 0.5) is 0 Å². The first kappa shape index (κ1) is 12.9. The van der Waals surface area contributed by atoms with Crippen LogP contribution in [0.1, 0.15) is 58.3 Å². The monoisotopic (exact) mass is 264 g/mol. The lowest BCUT2D eigenvalue weighted by Crippen LogP contribution is -2.67. The Hall–Kier alpha value is -1.06. The van der Waals surface area contributed by atoms with Gasteiger partial charge in [-0.3, -0.25) is 9.59 Å². The van der Waals surface area contributed by atoms with E-state index in [0.29, 0.717) is 0 Å². The second-order valence-corrected chi connectivity index (χ2v) is 6.51. The number of amides is 2. The van der Waals surface area contributed by atoms with E-state index in [0.717, 1.165) is 44.4 Å². The molecule has 0 aromatic carbocycles. The molecule has 2 amide bonds. The van der Waals surface area contributed by atoms with Crippen LogP contribution in [0.3, 0.4) is 0 Å². The smallest absolute Gasteiger partial charge is 0.249 e. The van der Waals surface area contributed by atoms with Gasteiger partial charge in [0.2, 0.25) is 11.8 Å². The number of carbonyl (C=O) groups is 2. The Morgan fingerprint density at radius 2 is 2.00 bits per heavy atom. The fourth-order valence-corrected chi connectivity index (χ4v) is 3.73. The minimum absolute atomic E-state index is 0.0377. The summed E-state index contributed by atoms with van der Waals surface area (Å²) in [6, 6.07) is 0.267. The van der Waals surface area contributed by atoms with Gasteiger partial charge in [0.05, 0.1) is 6.54 Å². The zero-order valence-corrected chi connectivity index (χ0v) is 11.8. The van der Waals surface area contributed by atoms with Gasteiger partial charge in [0.25, 0.3) is 0 Å². The molecule has 3 rings (SSSR count). The van der Waals surface area contributed by atoms with Crippen LogP contribution >= 0.6 is 0 Å². The van der Waals surface area contributed by atoms with Gasteiger partial charge >= 0.3 is 0 Å². The van der Waals surface area contributed by atoms with Crippen LogP contribution in [0.25, 0.3) is 0 Å². The fourth-order valence-electron chi connectivity index (χ4n) is 3.73. The van der Waals surface area contributed by atoms with Crippen molar-refractivity contribution in [3.8, 4) is 0 Å². The Morgan fingerprint density at radius 1 is 1.32 bits per heavy atom. The largest absolute Gasteiger partial charge is 0.340 e. The van der Waals surface area contributed by atoms with Crippen molar-refractivity contribution in [3.05, 3.63) is 0 Å². The minimum atomic E-state index is -0.549. The highest BCUT2D eigenvalue weighted by molar-refractivity contribution is 5.98. The van der Waals surface area contributed by atoms with E-state index in [9.17, 15) is 9.59 Å². The quantitative estimate of drug-likeness (QED) is 0.842. The van der Waals surface area contributed by atoms with Gasteiger partial charge in [0, 0.05) is 6.04 Å². The van der Waals surface area contributed by atoms with E-state index in [1.54, 1.807) is 0 Å². The summed E-state index contributed by atoms with van der Waals surface area (Å²) in [6.45, 7) is 2.40. The van der Waals surface area contributed by atoms with E-state index in [4.69, 9.17) is 0 Å². The van der Waals surface area contributed by atoms with Crippen LogP contribution in [-0.2, 0) is 9.59 Å². The summed E-state index contributed by atoms with van der Waals surface area (Å²) < 4.78 is 0. The summed E-state index contributed by atoms with van der Waals surface area (Å²) in [5.41, 5.74) is -0.549. The van der Waals surface area contributed by atoms with Crippen LogP contribution in [0.2, 0.25) is 0 Å². The third kappa shape index (κ3) is 2.37. The van der Waals surface area contributed by atoms with E-state index >= 15 is 0 Å². The lowest BCUT2D eigenvalue weighted by atomic mass is 9.91. The molecule has 1 heterocycles. The van der Waals surface area contributed by atoms with E-state index in [1.165, 1.54) is 12.8 Å². The summed E-state index contributed by atoms with van der Waals surface area (Å²) >= 11 is 0. The molecule has 3 aliphatic rings. The summed E-state index contributed by atoms with van der Waals surface area (Å²) in [6.07, 6.45) is 8.42. The van der Waals surface area contributed by atoms with E-state index in [2.05, 4.69) is 12.2 Å². The molecule has 1 N–H and O–H groups in total. The van der Waals surface area contributed by atoms with Crippen LogP contribution in [0.15, 0.2) is 0 Å². The van der Waals surface area contributed by atoms with Gasteiger partial charge in [-0.15, -0.1) is 0 Å². The number of carbonyl (C=O) groups excluding carboxylic acids is 2. The summed E-state index contributed by atoms with van der Waals surface area (Å²) in [7, 11) is 0. The highest BCUT2D eigenvalue weighted by Crippen LogP contribution is 2.38. The second kappa shape index (κ2) is 4.80. The molecular weight excluding hydrogens is 240 g/mol. The standard InChI is InChI=1S/C15H24N2O2/c1-2-12(9-11-5-6-11)17-10-13(18)16-15(14(17)19)7-3-4-8-15/h11-12H,2-10H2,1H3,(H,16,18). The van der Waals surface area contributed by atoms with Crippen LogP contribution in [0.5, 0.6) is 0 Å². The van der Waals surface area contributed by atoms with E-state index in [1.807, 2.05) is 4.90 Å². The summed E-state index contributed by atoms with van der Waals surface area (Å²) in [5.74, 6) is 1.02. The molecule has 1 aliphatic heterocycles. The maximum Gasteiger partial charge on any atom is 0.249 e. The lowest BCUT2D eigenvalue weighted by Gasteiger charge is -2.43. The number of nitrogens with zero attached hydrogens (tertiary/aromatic N) is 1. The molecule has 106 valence electrons. The molecule has 1 saturated heterocycles. The Balaban J connectivity index is 1.78. The number of rotatable bonds is 4. The first-order chi connectivity index (χ1) is 9.14. The number of piperazine rings is 1. The Kier molecular flexibility index (Phi) is 3.27. The maximum absolute atomic E-state index is 12.8. The van der Waals surface area contributed by atoms with E-state index < -0.39 is 5.54 Å². The maximum atomic E-state index is 12.8. The molecule has 0 aromatic heterocycles. The molecule has 1 spiro atoms. The van der Waals surface area contributed by atoms with Gasteiger partial charge in [0.15, 0.2) is 0 Å². The number of nitrogens with one attached hydrogen (secondary N) is 1. The number of hydrogen-bond acceptors (Lipinski definition) is 2. The molecule has 1 unspecified atom stereocenters. The molecule has 3 fully saturated rings. The van der Waals surface area contributed by atoms with Gasteiger partial charge in [-0.2, -0.15) is 0 Å². The SMILES string of the molecule is CCC(CC1CC1)N1CC(=O)NC2(CCCC2)C1=O. The Labute approximate surface area is 114 Å². The van der Waals surface area contributed by atoms with Crippen molar-refractivity contribution < 1.29 is 9.59 Å². The lowest BCUT2D eigenvalue weighted by molar-refractivity contribution is -0.152. The molecule has 0 bridgehead atoms. The van der Waals surface area contributed by atoms with Crippen molar-refractivity contribution in [1.29, 1.82) is 0 Å². The van der Waals surface area contributed by atoms with Gasteiger partial charge < -0.3 is 10.2 Å². The van der Waals surface area contributed by atoms with Crippen LogP contribution in [0, 0.1) is 5.92 Å². The normalized spacial score (nSPS) is 27.7. The van der Waals surface area contributed by atoms with Crippen LogP contribution < -0.4 is 5.32 Å². The molecule has 4 heteroatoms. The van der Waals surface area contributed by atoms with Gasteiger partial charge in [-0.25, -0.2) is 0 Å².